The monoisotopic (exact) mass is 351 g/mol. The first kappa shape index (κ1) is 17.6. The number of ether oxygens (including phenoxy) is 2. The van der Waals surface area contributed by atoms with Crippen LogP contribution < -0.4 is 9.47 Å². The molecule has 0 saturated carbocycles. The molecule has 7 nitrogen and oxygen atoms in total. The average molecular weight is 351 g/mol. The molecule has 3 rings (SSSR count). The molecule has 0 unspecified atom stereocenters. The highest BCUT2D eigenvalue weighted by Gasteiger charge is 2.07. The highest BCUT2D eigenvalue weighted by atomic mass is 16.5. The van der Waals surface area contributed by atoms with E-state index < -0.39 is 0 Å². The van der Waals surface area contributed by atoms with Crippen molar-refractivity contribution in [3.05, 3.63) is 59.7 Å². The summed E-state index contributed by atoms with van der Waals surface area (Å²) in [4.78, 5) is 4.36. The van der Waals surface area contributed by atoms with Crippen LogP contribution in [-0.4, -0.2) is 33.5 Å². The van der Waals surface area contributed by atoms with Gasteiger partial charge in [-0.2, -0.15) is 0 Å². The Morgan fingerprint density at radius 1 is 1.12 bits per heavy atom. The first-order valence-electron chi connectivity index (χ1n) is 8.45. The molecule has 0 N–H and O–H groups in total. The Hall–Kier alpha value is -3.22. The molecule has 0 aliphatic heterocycles. The van der Waals surface area contributed by atoms with E-state index in [4.69, 9.17) is 9.47 Å². The van der Waals surface area contributed by atoms with Gasteiger partial charge in [-0.05, 0) is 46.2 Å². The van der Waals surface area contributed by atoms with Crippen LogP contribution in [0.5, 0.6) is 11.5 Å². The highest BCUT2D eigenvalue weighted by molar-refractivity contribution is 5.82. The van der Waals surface area contributed by atoms with Gasteiger partial charge in [0.2, 0.25) is 0 Å². The predicted molar refractivity (Wildman–Crippen MR) is 99.1 cm³/mol. The van der Waals surface area contributed by atoms with E-state index in [1.807, 2.05) is 48.5 Å². The fourth-order valence-electron chi connectivity index (χ4n) is 2.40. The minimum atomic E-state index is 0.482. The van der Waals surface area contributed by atoms with Gasteiger partial charge in [0.15, 0.2) is 11.5 Å². The average Bonchev–Trinajstić information content (AvgIpc) is 3.13. The van der Waals surface area contributed by atoms with Crippen LogP contribution in [0.25, 0.3) is 0 Å². The summed E-state index contributed by atoms with van der Waals surface area (Å²) in [6.07, 6.45) is 2.65. The Balaban J connectivity index is 1.71. The lowest BCUT2D eigenvalue weighted by Crippen LogP contribution is -1.99. The Bertz CT molecular complexity index is 861. The molecule has 1 heterocycles. The zero-order valence-corrected chi connectivity index (χ0v) is 14.9. The summed E-state index contributed by atoms with van der Waals surface area (Å²) in [6.45, 7) is 3.28. The smallest absolute Gasteiger partial charge is 0.269 e. The van der Waals surface area contributed by atoms with E-state index in [0.29, 0.717) is 24.1 Å². The third kappa shape index (κ3) is 4.44. The standard InChI is InChI=1S/C19H21N5O2/c1-3-11-24-19(21-22-23-24)20-13-16-9-10-17(18(12-16)25-2)26-14-15-7-5-4-6-8-15/h4-10,12-13H,3,11,14H2,1-2H3/b20-13+. The van der Waals surface area contributed by atoms with Gasteiger partial charge in [-0.15, -0.1) is 0 Å². The number of rotatable bonds is 8. The third-order valence-electron chi connectivity index (χ3n) is 3.70. The fourth-order valence-corrected chi connectivity index (χ4v) is 2.40. The van der Waals surface area contributed by atoms with Crippen LogP contribution in [0, 0.1) is 0 Å². The second kappa shape index (κ2) is 8.75. The molecule has 0 saturated heterocycles. The Kier molecular flexibility index (Phi) is 5.92. The van der Waals surface area contributed by atoms with Gasteiger partial charge in [0.05, 0.1) is 7.11 Å². The SMILES string of the molecule is CCCn1nnnc1/N=C/c1ccc(OCc2ccccc2)c(OC)c1. The van der Waals surface area contributed by atoms with Crippen LogP contribution in [-0.2, 0) is 13.2 Å². The Morgan fingerprint density at radius 3 is 2.73 bits per heavy atom. The van der Waals surface area contributed by atoms with Gasteiger partial charge in [0.25, 0.3) is 5.95 Å². The molecule has 2 aromatic carbocycles. The maximum atomic E-state index is 5.86. The first-order valence-corrected chi connectivity index (χ1v) is 8.45. The molecular weight excluding hydrogens is 330 g/mol. The van der Waals surface area contributed by atoms with E-state index >= 15 is 0 Å². The van der Waals surface area contributed by atoms with Crippen LogP contribution in [0.2, 0.25) is 0 Å². The lowest BCUT2D eigenvalue weighted by atomic mass is 10.2. The topological polar surface area (TPSA) is 74.4 Å². The van der Waals surface area contributed by atoms with Crippen molar-refractivity contribution in [3.63, 3.8) is 0 Å². The molecule has 0 aliphatic rings. The molecule has 0 amide bonds. The lowest BCUT2D eigenvalue weighted by Gasteiger charge is -2.11. The van der Waals surface area contributed by atoms with Gasteiger partial charge in [-0.1, -0.05) is 42.4 Å². The van der Waals surface area contributed by atoms with Gasteiger partial charge in [-0.3, -0.25) is 0 Å². The van der Waals surface area contributed by atoms with E-state index in [1.54, 1.807) is 18.0 Å². The van der Waals surface area contributed by atoms with Crippen molar-refractivity contribution in [2.45, 2.75) is 26.5 Å². The normalized spacial score (nSPS) is 11.0. The summed E-state index contributed by atoms with van der Waals surface area (Å²) in [5.41, 5.74) is 1.97. The summed E-state index contributed by atoms with van der Waals surface area (Å²) < 4.78 is 13.0. The molecule has 0 fully saturated rings. The second-order valence-electron chi connectivity index (χ2n) is 5.64. The molecule has 0 spiro atoms. The summed E-state index contributed by atoms with van der Waals surface area (Å²) in [6, 6.07) is 15.7. The lowest BCUT2D eigenvalue weighted by molar-refractivity contribution is 0.284. The van der Waals surface area contributed by atoms with Crippen LogP contribution in [0.15, 0.2) is 53.5 Å². The number of aryl methyl sites for hydroxylation is 1. The largest absolute Gasteiger partial charge is 0.493 e. The molecule has 0 bridgehead atoms. The van der Waals surface area contributed by atoms with Gasteiger partial charge < -0.3 is 9.47 Å². The molecule has 0 aliphatic carbocycles. The number of nitrogens with zero attached hydrogens (tertiary/aromatic N) is 5. The zero-order chi connectivity index (χ0) is 18.2. The summed E-state index contributed by atoms with van der Waals surface area (Å²) in [7, 11) is 1.62. The van der Waals surface area contributed by atoms with Crippen molar-refractivity contribution in [2.75, 3.05) is 7.11 Å². The fraction of sp³-hybridized carbons (Fsp3) is 0.263. The molecule has 0 radical (unpaired) electrons. The van der Waals surface area contributed by atoms with Crippen molar-refractivity contribution < 1.29 is 9.47 Å². The zero-order valence-electron chi connectivity index (χ0n) is 14.9. The van der Waals surface area contributed by atoms with E-state index in [1.165, 1.54) is 0 Å². The Labute approximate surface area is 152 Å². The maximum absolute atomic E-state index is 5.86. The van der Waals surface area contributed by atoms with E-state index in [9.17, 15) is 0 Å². The number of methoxy groups -OCH3 is 1. The highest BCUT2D eigenvalue weighted by Crippen LogP contribution is 2.28. The van der Waals surface area contributed by atoms with Crippen molar-refractivity contribution >= 4 is 12.2 Å². The molecule has 7 heteroatoms. The molecule has 134 valence electrons. The van der Waals surface area contributed by atoms with E-state index in [2.05, 4.69) is 27.4 Å². The molecule has 3 aromatic rings. The summed E-state index contributed by atoms with van der Waals surface area (Å²) in [5, 5.41) is 11.5. The summed E-state index contributed by atoms with van der Waals surface area (Å²) >= 11 is 0. The molecular formula is C19H21N5O2. The maximum Gasteiger partial charge on any atom is 0.269 e. The van der Waals surface area contributed by atoms with E-state index in [0.717, 1.165) is 24.1 Å². The van der Waals surface area contributed by atoms with E-state index in [-0.39, 0.29) is 0 Å². The molecule has 0 atom stereocenters. The summed E-state index contributed by atoms with van der Waals surface area (Å²) in [5.74, 6) is 1.82. The number of benzene rings is 2. The van der Waals surface area contributed by atoms with Crippen molar-refractivity contribution in [1.82, 2.24) is 20.2 Å². The van der Waals surface area contributed by atoms with Gasteiger partial charge >= 0.3 is 0 Å². The number of hydrogen-bond acceptors (Lipinski definition) is 6. The Morgan fingerprint density at radius 2 is 1.96 bits per heavy atom. The van der Waals surface area contributed by atoms with Crippen LogP contribution in [0.1, 0.15) is 24.5 Å². The third-order valence-corrected chi connectivity index (χ3v) is 3.70. The van der Waals surface area contributed by atoms with Crippen LogP contribution in [0.4, 0.5) is 5.95 Å². The van der Waals surface area contributed by atoms with Gasteiger partial charge in [0, 0.05) is 12.8 Å². The second-order valence-corrected chi connectivity index (χ2v) is 5.64. The van der Waals surface area contributed by atoms with Crippen molar-refractivity contribution in [3.8, 4) is 11.5 Å². The van der Waals surface area contributed by atoms with Crippen molar-refractivity contribution in [1.29, 1.82) is 0 Å². The predicted octanol–water partition coefficient (Wildman–Crippen LogP) is 3.42. The van der Waals surface area contributed by atoms with Gasteiger partial charge in [0.1, 0.15) is 6.61 Å². The number of tetrazole rings is 1. The first-order chi connectivity index (χ1) is 12.8. The minimum absolute atomic E-state index is 0.482. The number of hydrogen-bond donors (Lipinski definition) is 0. The number of aliphatic imine (C=N–C) groups is 1. The number of aromatic nitrogens is 4. The quantitative estimate of drug-likeness (QED) is 0.581. The van der Waals surface area contributed by atoms with Gasteiger partial charge in [-0.25, -0.2) is 9.67 Å². The molecule has 1 aromatic heterocycles. The molecule has 26 heavy (non-hydrogen) atoms. The van der Waals surface area contributed by atoms with Crippen LogP contribution >= 0.6 is 0 Å². The van der Waals surface area contributed by atoms with Crippen LogP contribution in [0.3, 0.4) is 0 Å². The minimum Gasteiger partial charge on any atom is -0.493 e. The van der Waals surface area contributed by atoms with Crippen molar-refractivity contribution in [2.24, 2.45) is 4.99 Å².